The van der Waals surface area contributed by atoms with E-state index in [1.54, 1.807) is 67.4 Å². The fraction of sp³-hybridized carbons (Fsp3) is 0.250. The fourth-order valence-corrected chi connectivity index (χ4v) is 2.86. The molecule has 2 aromatic rings. The van der Waals surface area contributed by atoms with Crippen molar-refractivity contribution in [3.63, 3.8) is 0 Å². The summed E-state index contributed by atoms with van der Waals surface area (Å²) in [5.41, 5.74) is 1.42. The van der Waals surface area contributed by atoms with Crippen molar-refractivity contribution in [2.45, 2.75) is 12.5 Å². The van der Waals surface area contributed by atoms with Crippen LogP contribution in [0, 0.1) is 11.3 Å². The van der Waals surface area contributed by atoms with E-state index in [-0.39, 0.29) is 11.8 Å². The van der Waals surface area contributed by atoms with Crippen molar-refractivity contribution in [2.75, 3.05) is 24.4 Å². The maximum absolute atomic E-state index is 12.6. The van der Waals surface area contributed by atoms with Crippen LogP contribution in [0.1, 0.15) is 22.3 Å². The van der Waals surface area contributed by atoms with Crippen LogP contribution in [0.4, 0.5) is 5.69 Å². The van der Waals surface area contributed by atoms with Crippen molar-refractivity contribution in [3.8, 4) is 11.8 Å². The third-order valence-corrected chi connectivity index (χ3v) is 4.49. The van der Waals surface area contributed by atoms with E-state index in [0.29, 0.717) is 29.0 Å². The number of hydrogen-bond acceptors (Lipinski definition) is 5. The van der Waals surface area contributed by atoms with Gasteiger partial charge in [0.1, 0.15) is 11.8 Å². The molecule has 2 N–H and O–H groups in total. The second-order valence-corrected chi connectivity index (χ2v) is 6.70. The number of thioether (sulfide) groups is 1. The molecule has 1 atom stereocenters. The molecular formula is C20H21N3O3S. The summed E-state index contributed by atoms with van der Waals surface area (Å²) >= 11 is 1.60. The largest absolute Gasteiger partial charge is 0.497 e. The Morgan fingerprint density at radius 2 is 1.96 bits per heavy atom. The SMILES string of the molecule is COc1ccc(C(=O)N[C@H](CCSC)C(=O)Nc2cccc(C#N)c2)cc1. The maximum Gasteiger partial charge on any atom is 0.251 e. The number of benzene rings is 2. The summed E-state index contributed by atoms with van der Waals surface area (Å²) in [7, 11) is 1.55. The van der Waals surface area contributed by atoms with Gasteiger partial charge in [0.15, 0.2) is 0 Å². The van der Waals surface area contributed by atoms with Crippen LogP contribution >= 0.6 is 11.8 Å². The molecule has 27 heavy (non-hydrogen) atoms. The Balaban J connectivity index is 2.09. The van der Waals surface area contributed by atoms with Crippen LogP contribution in [0.5, 0.6) is 5.75 Å². The highest BCUT2D eigenvalue weighted by Crippen LogP contribution is 2.14. The number of carbonyl (C=O) groups is 2. The van der Waals surface area contributed by atoms with Gasteiger partial charge in [0.2, 0.25) is 5.91 Å². The molecule has 6 nitrogen and oxygen atoms in total. The molecule has 2 amide bonds. The van der Waals surface area contributed by atoms with Gasteiger partial charge in [-0.25, -0.2) is 0 Å². The van der Waals surface area contributed by atoms with Crippen molar-refractivity contribution in [1.29, 1.82) is 5.26 Å². The summed E-state index contributed by atoms with van der Waals surface area (Å²) < 4.78 is 5.09. The molecule has 7 heteroatoms. The van der Waals surface area contributed by atoms with Crippen LogP contribution in [0.15, 0.2) is 48.5 Å². The average Bonchev–Trinajstić information content (AvgIpc) is 2.71. The lowest BCUT2D eigenvalue weighted by atomic mass is 10.1. The van der Waals surface area contributed by atoms with Gasteiger partial charge in [0.05, 0.1) is 18.7 Å². The number of methoxy groups -OCH3 is 1. The van der Waals surface area contributed by atoms with E-state index >= 15 is 0 Å². The predicted molar refractivity (Wildman–Crippen MR) is 107 cm³/mol. The Hall–Kier alpha value is -2.98. The Bertz CT molecular complexity index is 831. The van der Waals surface area contributed by atoms with Gasteiger partial charge < -0.3 is 15.4 Å². The first-order valence-corrected chi connectivity index (χ1v) is 9.71. The number of anilines is 1. The second-order valence-electron chi connectivity index (χ2n) is 5.72. The van der Waals surface area contributed by atoms with Crippen LogP contribution < -0.4 is 15.4 Å². The molecule has 0 heterocycles. The summed E-state index contributed by atoms with van der Waals surface area (Å²) in [5.74, 6) is 0.727. The van der Waals surface area contributed by atoms with E-state index in [1.807, 2.05) is 12.3 Å². The molecule has 0 aromatic heterocycles. The minimum atomic E-state index is -0.683. The number of ether oxygens (including phenoxy) is 1. The van der Waals surface area contributed by atoms with Crippen LogP contribution in [-0.4, -0.2) is 37.0 Å². The van der Waals surface area contributed by atoms with Crippen LogP contribution in [0.2, 0.25) is 0 Å². The predicted octanol–water partition coefficient (Wildman–Crippen LogP) is 3.06. The first kappa shape index (κ1) is 20.3. The zero-order valence-corrected chi connectivity index (χ0v) is 16.0. The first-order chi connectivity index (χ1) is 13.1. The average molecular weight is 383 g/mol. The van der Waals surface area contributed by atoms with Gasteiger partial charge in [-0.1, -0.05) is 6.07 Å². The molecular weight excluding hydrogens is 362 g/mol. The molecule has 0 unspecified atom stereocenters. The Labute approximate surface area is 162 Å². The highest BCUT2D eigenvalue weighted by Gasteiger charge is 2.21. The summed E-state index contributed by atoms with van der Waals surface area (Å²) in [5, 5.41) is 14.5. The van der Waals surface area contributed by atoms with Crippen molar-refractivity contribution < 1.29 is 14.3 Å². The molecule has 0 saturated carbocycles. The Morgan fingerprint density at radius 3 is 2.59 bits per heavy atom. The smallest absolute Gasteiger partial charge is 0.251 e. The molecule has 0 saturated heterocycles. The van der Waals surface area contributed by atoms with Gasteiger partial charge in [-0.05, 0) is 60.9 Å². The van der Waals surface area contributed by atoms with Gasteiger partial charge in [0, 0.05) is 11.3 Å². The number of nitrogens with zero attached hydrogens (tertiary/aromatic N) is 1. The summed E-state index contributed by atoms with van der Waals surface area (Å²) in [6.45, 7) is 0. The molecule has 2 aromatic carbocycles. The lowest BCUT2D eigenvalue weighted by Crippen LogP contribution is -2.44. The third kappa shape index (κ3) is 6.04. The molecule has 0 radical (unpaired) electrons. The molecule has 0 aliphatic carbocycles. The molecule has 0 fully saturated rings. The fourth-order valence-electron chi connectivity index (χ4n) is 2.38. The van der Waals surface area contributed by atoms with Gasteiger partial charge in [-0.3, -0.25) is 9.59 Å². The van der Waals surface area contributed by atoms with Crippen molar-refractivity contribution in [3.05, 3.63) is 59.7 Å². The minimum Gasteiger partial charge on any atom is -0.497 e. The van der Waals surface area contributed by atoms with Crippen LogP contribution in [0.3, 0.4) is 0 Å². The number of hydrogen-bond donors (Lipinski definition) is 2. The number of rotatable bonds is 8. The summed E-state index contributed by atoms with van der Waals surface area (Å²) in [6.07, 6.45) is 2.43. The number of nitrogens with one attached hydrogen (secondary N) is 2. The second kappa shape index (κ2) is 10.2. The quantitative estimate of drug-likeness (QED) is 0.731. The van der Waals surface area contributed by atoms with E-state index in [1.165, 1.54) is 0 Å². The van der Waals surface area contributed by atoms with Crippen LogP contribution in [-0.2, 0) is 4.79 Å². The zero-order valence-electron chi connectivity index (χ0n) is 15.2. The normalized spacial score (nSPS) is 11.1. The van der Waals surface area contributed by atoms with E-state index in [2.05, 4.69) is 10.6 Å². The van der Waals surface area contributed by atoms with E-state index in [9.17, 15) is 9.59 Å². The van der Waals surface area contributed by atoms with E-state index in [0.717, 1.165) is 5.75 Å². The summed E-state index contributed by atoms with van der Waals surface area (Å²) in [4.78, 5) is 25.1. The maximum atomic E-state index is 12.6. The molecule has 0 spiro atoms. The van der Waals surface area contributed by atoms with Gasteiger partial charge in [0.25, 0.3) is 5.91 Å². The highest BCUT2D eigenvalue weighted by atomic mass is 32.2. The zero-order chi connectivity index (χ0) is 19.6. The van der Waals surface area contributed by atoms with E-state index in [4.69, 9.17) is 10.00 Å². The van der Waals surface area contributed by atoms with Crippen molar-refractivity contribution in [1.82, 2.24) is 5.32 Å². The Morgan fingerprint density at radius 1 is 1.22 bits per heavy atom. The van der Waals surface area contributed by atoms with Gasteiger partial charge >= 0.3 is 0 Å². The molecule has 0 aliphatic heterocycles. The highest BCUT2D eigenvalue weighted by molar-refractivity contribution is 7.98. The van der Waals surface area contributed by atoms with Gasteiger partial charge in [-0.15, -0.1) is 0 Å². The first-order valence-electron chi connectivity index (χ1n) is 8.32. The number of carbonyl (C=O) groups excluding carboxylic acids is 2. The Kier molecular flexibility index (Phi) is 7.71. The van der Waals surface area contributed by atoms with E-state index < -0.39 is 6.04 Å². The standard InChI is InChI=1S/C20H21N3O3S/c1-26-17-8-6-15(7-9-17)19(24)23-18(10-11-27-2)20(25)22-16-5-3-4-14(12-16)13-21/h3-9,12,18H,10-11H2,1-2H3,(H,22,25)(H,23,24)/t18-/m1/s1. The number of nitriles is 1. The van der Waals surface area contributed by atoms with Crippen LogP contribution in [0.25, 0.3) is 0 Å². The molecule has 0 aliphatic rings. The summed E-state index contributed by atoms with van der Waals surface area (Å²) in [6, 6.07) is 14.7. The minimum absolute atomic E-state index is 0.319. The van der Waals surface area contributed by atoms with Crippen molar-refractivity contribution in [2.24, 2.45) is 0 Å². The van der Waals surface area contributed by atoms with Gasteiger partial charge in [-0.2, -0.15) is 17.0 Å². The van der Waals surface area contributed by atoms with Crippen molar-refractivity contribution >= 4 is 29.3 Å². The lowest BCUT2D eigenvalue weighted by Gasteiger charge is -2.18. The topological polar surface area (TPSA) is 91.2 Å². The third-order valence-electron chi connectivity index (χ3n) is 3.84. The molecule has 2 rings (SSSR count). The molecule has 0 bridgehead atoms. The monoisotopic (exact) mass is 383 g/mol. The number of amides is 2. The molecule has 140 valence electrons. The lowest BCUT2D eigenvalue weighted by molar-refractivity contribution is -0.118.